The van der Waals surface area contributed by atoms with Gasteiger partial charge in [0.25, 0.3) is 5.91 Å². The molecule has 6 nitrogen and oxygen atoms in total. The monoisotopic (exact) mass is 445 g/mol. The lowest BCUT2D eigenvalue weighted by molar-refractivity contribution is 0.0997. The highest BCUT2D eigenvalue weighted by Crippen LogP contribution is 2.32. The zero-order chi connectivity index (χ0) is 22.3. The summed E-state index contributed by atoms with van der Waals surface area (Å²) < 4.78 is 12.8. The number of ether oxygens (including phenoxy) is 1. The molecule has 32 heavy (non-hydrogen) atoms. The Bertz CT molecular complexity index is 1250. The maximum Gasteiger partial charge on any atom is 0.292 e. The molecule has 0 aliphatic heterocycles. The van der Waals surface area contributed by atoms with Crippen LogP contribution < -0.4 is 14.9 Å². The number of hydrogen-bond donors (Lipinski definition) is 1. The number of carbonyl (C=O) groups is 1. The Labute approximate surface area is 190 Å². The van der Waals surface area contributed by atoms with Gasteiger partial charge in [0.15, 0.2) is 10.6 Å². The fraction of sp³-hybridized carbons (Fsp3) is 0.120. The van der Waals surface area contributed by atoms with Gasteiger partial charge < -0.3 is 19.0 Å². The first-order valence-corrected chi connectivity index (χ1v) is 11.0. The number of nitrogens with one attached hydrogen (secondary N) is 1. The predicted octanol–water partition coefficient (Wildman–Crippen LogP) is 5.88. The maximum absolute atomic E-state index is 12.7. The van der Waals surface area contributed by atoms with E-state index >= 15 is 0 Å². The van der Waals surface area contributed by atoms with Crippen LogP contribution in [0.25, 0.3) is 11.3 Å². The molecule has 0 aliphatic carbocycles. The Hall–Kier alpha value is -3.84. The number of carbonyl (C=O) groups excluding carboxylic acids is 1. The number of nitrogens with zero attached hydrogens (tertiary/aromatic N) is 2. The molecule has 4 rings (SSSR count). The van der Waals surface area contributed by atoms with Crippen molar-refractivity contribution in [2.75, 3.05) is 11.9 Å². The molecule has 0 radical (unpaired) electrons. The molecule has 2 aromatic carbocycles. The van der Waals surface area contributed by atoms with Crippen LogP contribution in [0.1, 0.15) is 17.5 Å². The van der Waals surface area contributed by atoms with Crippen molar-refractivity contribution in [1.82, 2.24) is 4.57 Å². The van der Waals surface area contributed by atoms with Crippen molar-refractivity contribution in [2.24, 2.45) is 4.99 Å². The third kappa shape index (κ3) is 4.73. The van der Waals surface area contributed by atoms with Crippen molar-refractivity contribution in [1.29, 1.82) is 0 Å². The molecule has 0 spiro atoms. The fourth-order valence-corrected chi connectivity index (χ4v) is 4.31. The van der Waals surface area contributed by atoms with Gasteiger partial charge in [-0.25, -0.2) is 4.99 Å². The number of aromatic nitrogens is 1. The quantitative estimate of drug-likeness (QED) is 0.344. The van der Waals surface area contributed by atoms with Crippen LogP contribution in [0, 0.1) is 0 Å². The smallest absolute Gasteiger partial charge is 0.292 e. The molecular weight excluding hydrogens is 422 g/mol. The van der Waals surface area contributed by atoms with E-state index in [1.807, 2.05) is 72.2 Å². The number of benzene rings is 2. The lowest BCUT2D eigenvalue weighted by atomic mass is 10.1. The van der Waals surface area contributed by atoms with Crippen LogP contribution >= 0.6 is 11.3 Å². The summed E-state index contributed by atoms with van der Waals surface area (Å²) in [4.78, 5) is 18.3. The molecule has 2 heterocycles. The van der Waals surface area contributed by atoms with Crippen LogP contribution in [-0.2, 0) is 6.54 Å². The third-order valence-corrected chi connectivity index (χ3v) is 5.61. The van der Waals surface area contributed by atoms with Crippen molar-refractivity contribution >= 4 is 27.9 Å². The summed E-state index contributed by atoms with van der Waals surface area (Å²) >= 11 is 1.40. The number of anilines is 1. The van der Waals surface area contributed by atoms with Crippen LogP contribution in [0.3, 0.4) is 0 Å². The topological polar surface area (TPSA) is 68.8 Å². The zero-order valence-corrected chi connectivity index (χ0v) is 18.5. The summed E-state index contributed by atoms with van der Waals surface area (Å²) in [6, 6.07) is 20.8. The Morgan fingerprint density at radius 3 is 2.59 bits per heavy atom. The van der Waals surface area contributed by atoms with E-state index in [0.717, 1.165) is 27.5 Å². The second kappa shape index (κ2) is 9.98. The first kappa shape index (κ1) is 21.4. The minimum atomic E-state index is -0.313. The molecular formula is C25H23N3O3S. The average molecular weight is 446 g/mol. The summed E-state index contributed by atoms with van der Waals surface area (Å²) in [5, 5.41) is 3.68. The first-order valence-electron chi connectivity index (χ1n) is 10.2. The Balaban J connectivity index is 1.83. The van der Waals surface area contributed by atoms with Gasteiger partial charge >= 0.3 is 0 Å². The van der Waals surface area contributed by atoms with Crippen LogP contribution in [0.5, 0.6) is 5.75 Å². The fourth-order valence-electron chi connectivity index (χ4n) is 3.23. The van der Waals surface area contributed by atoms with Gasteiger partial charge in [-0.05, 0) is 43.3 Å². The number of furan rings is 1. The van der Waals surface area contributed by atoms with E-state index in [4.69, 9.17) is 14.1 Å². The lowest BCUT2D eigenvalue weighted by Gasteiger charge is -2.10. The minimum absolute atomic E-state index is 0.248. The van der Waals surface area contributed by atoms with Crippen molar-refractivity contribution in [3.8, 4) is 17.0 Å². The van der Waals surface area contributed by atoms with Crippen LogP contribution in [0.2, 0.25) is 0 Å². The van der Waals surface area contributed by atoms with Crippen LogP contribution in [0.15, 0.2) is 95.1 Å². The minimum Gasteiger partial charge on any atom is -0.494 e. The van der Waals surface area contributed by atoms with Gasteiger partial charge in [-0.2, -0.15) is 0 Å². The third-order valence-electron chi connectivity index (χ3n) is 4.61. The molecule has 0 fully saturated rings. The standard InChI is InChI=1S/C25H23N3O3S/c1-3-16-28-22(18-9-6-5-7-10-18)24(27-23(29)21-11-8-17-31-21)32-25(28)26-19-12-14-20(15-13-19)30-4-2/h3,5-15,17H,1,4,16H2,2H3,(H,27,29). The maximum atomic E-state index is 12.7. The van der Waals surface area contributed by atoms with E-state index in [1.54, 1.807) is 12.1 Å². The zero-order valence-electron chi connectivity index (χ0n) is 17.7. The highest BCUT2D eigenvalue weighted by molar-refractivity contribution is 7.14. The molecule has 1 amide bonds. The van der Waals surface area contributed by atoms with E-state index in [9.17, 15) is 4.79 Å². The molecule has 0 unspecified atom stereocenters. The molecule has 0 aliphatic rings. The van der Waals surface area contributed by atoms with Crippen LogP contribution in [0.4, 0.5) is 10.7 Å². The normalized spacial score (nSPS) is 11.3. The Morgan fingerprint density at radius 2 is 1.94 bits per heavy atom. The van der Waals surface area contributed by atoms with E-state index in [0.29, 0.717) is 18.2 Å². The molecule has 1 N–H and O–H groups in total. The van der Waals surface area contributed by atoms with Gasteiger partial charge in [-0.3, -0.25) is 4.79 Å². The van der Waals surface area contributed by atoms with E-state index < -0.39 is 0 Å². The Kier molecular flexibility index (Phi) is 6.67. The van der Waals surface area contributed by atoms with Gasteiger partial charge in [-0.15, -0.1) is 6.58 Å². The average Bonchev–Trinajstić information content (AvgIpc) is 3.45. The summed E-state index contributed by atoms with van der Waals surface area (Å²) in [6.07, 6.45) is 3.29. The molecule has 0 atom stereocenters. The molecule has 162 valence electrons. The number of rotatable bonds is 8. The van der Waals surface area contributed by atoms with Crippen LogP contribution in [-0.4, -0.2) is 17.1 Å². The number of thiazole rings is 1. The molecule has 0 saturated carbocycles. The summed E-state index contributed by atoms with van der Waals surface area (Å²) in [5.74, 6) is 0.734. The van der Waals surface area contributed by atoms with E-state index in [-0.39, 0.29) is 11.7 Å². The number of allylic oxidation sites excluding steroid dienone is 1. The molecule has 7 heteroatoms. The molecule has 4 aromatic rings. The van der Waals surface area contributed by atoms with Crippen molar-refractivity contribution in [3.63, 3.8) is 0 Å². The Morgan fingerprint density at radius 1 is 1.16 bits per heavy atom. The first-order chi connectivity index (χ1) is 15.7. The molecule has 0 bridgehead atoms. The highest BCUT2D eigenvalue weighted by atomic mass is 32.1. The largest absolute Gasteiger partial charge is 0.494 e. The second-order valence-electron chi connectivity index (χ2n) is 6.80. The van der Waals surface area contributed by atoms with E-state index in [2.05, 4.69) is 11.9 Å². The van der Waals surface area contributed by atoms with E-state index in [1.165, 1.54) is 17.6 Å². The van der Waals surface area contributed by atoms with Gasteiger partial charge in [-0.1, -0.05) is 47.7 Å². The summed E-state index contributed by atoms with van der Waals surface area (Å²) in [7, 11) is 0. The van der Waals surface area contributed by atoms with Gasteiger partial charge in [0.05, 0.1) is 24.3 Å². The summed E-state index contributed by atoms with van der Waals surface area (Å²) in [5.41, 5.74) is 2.62. The van der Waals surface area contributed by atoms with Crippen molar-refractivity contribution in [2.45, 2.75) is 13.5 Å². The van der Waals surface area contributed by atoms with Gasteiger partial charge in [0.1, 0.15) is 10.8 Å². The van der Waals surface area contributed by atoms with Gasteiger partial charge in [0.2, 0.25) is 0 Å². The number of hydrogen-bond acceptors (Lipinski definition) is 5. The highest BCUT2D eigenvalue weighted by Gasteiger charge is 2.19. The van der Waals surface area contributed by atoms with Crippen molar-refractivity contribution in [3.05, 3.63) is 96.2 Å². The number of amides is 1. The second-order valence-corrected chi connectivity index (χ2v) is 7.78. The molecule has 0 saturated heterocycles. The SMILES string of the molecule is C=CCn1c(-c2ccccc2)c(NC(=O)c2ccco2)sc1=Nc1ccc(OCC)cc1. The predicted molar refractivity (Wildman–Crippen MR) is 127 cm³/mol. The molecule has 2 aromatic heterocycles. The van der Waals surface area contributed by atoms with Crippen molar-refractivity contribution < 1.29 is 13.9 Å². The summed E-state index contributed by atoms with van der Waals surface area (Å²) in [6.45, 7) is 7.00. The van der Waals surface area contributed by atoms with Gasteiger partial charge in [0, 0.05) is 12.1 Å². The lowest BCUT2D eigenvalue weighted by Crippen LogP contribution is -2.15.